The van der Waals surface area contributed by atoms with Crippen molar-refractivity contribution < 1.29 is 43.5 Å². The summed E-state index contributed by atoms with van der Waals surface area (Å²) in [6.07, 6.45) is 2.02. The van der Waals surface area contributed by atoms with E-state index in [4.69, 9.17) is 18.9 Å². The van der Waals surface area contributed by atoms with Crippen LogP contribution in [0, 0.1) is 5.92 Å². The lowest BCUT2D eigenvalue weighted by Crippen LogP contribution is -2.47. The SMILES string of the molecule is C[C@@H]1CN([C@H](C)CO)C(=O)c2cc(NC(=O)Nc3ccc4c(c3)OCO4)ccc2O[C@@H](C)CCCCO[C@H]1CN(C)Cc1ccc(C(=O)O)cc1. The van der Waals surface area contributed by atoms with Gasteiger partial charge in [-0.15, -0.1) is 0 Å². The van der Waals surface area contributed by atoms with Gasteiger partial charge in [0.05, 0.1) is 36.0 Å². The Morgan fingerprint density at radius 2 is 1.65 bits per heavy atom. The molecular formula is C38H48N4O9. The number of ether oxygens (including phenoxy) is 4. The fraction of sp³-hybridized carbons (Fsp3) is 0.447. The van der Waals surface area contributed by atoms with Gasteiger partial charge < -0.3 is 44.7 Å². The van der Waals surface area contributed by atoms with Gasteiger partial charge in [-0.05, 0) is 88.2 Å². The van der Waals surface area contributed by atoms with Crippen LogP contribution in [0.25, 0.3) is 0 Å². The number of aromatic carboxylic acids is 1. The maximum Gasteiger partial charge on any atom is 0.335 e. The molecule has 3 amide bonds. The third-order valence-electron chi connectivity index (χ3n) is 9.08. The van der Waals surface area contributed by atoms with Crippen molar-refractivity contribution in [2.24, 2.45) is 5.92 Å². The summed E-state index contributed by atoms with van der Waals surface area (Å²) in [5.74, 6) is 0.108. The molecule has 4 atom stereocenters. The number of amides is 3. The fourth-order valence-electron chi connectivity index (χ4n) is 6.17. The van der Waals surface area contributed by atoms with E-state index in [-0.39, 0.29) is 48.6 Å². The third-order valence-corrected chi connectivity index (χ3v) is 9.08. The predicted molar refractivity (Wildman–Crippen MR) is 192 cm³/mol. The van der Waals surface area contributed by atoms with E-state index in [1.54, 1.807) is 60.4 Å². The highest BCUT2D eigenvalue weighted by molar-refractivity contribution is 6.02. The van der Waals surface area contributed by atoms with Gasteiger partial charge in [-0.1, -0.05) is 19.1 Å². The molecule has 274 valence electrons. The van der Waals surface area contributed by atoms with Crippen molar-refractivity contribution >= 4 is 29.3 Å². The Bertz CT molecular complexity index is 1670. The summed E-state index contributed by atoms with van der Waals surface area (Å²) in [5.41, 5.74) is 2.38. The monoisotopic (exact) mass is 704 g/mol. The van der Waals surface area contributed by atoms with E-state index >= 15 is 0 Å². The molecule has 0 fully saturated rings. The lowest BCUT2D eigenvalue weighted by molar-refractivity contribution is -0.0177. The predicted octanol–water partition coefficient (Wildman–Crippen LogP) is 5.69. The molecule has 0 saturated heterocycles. The molecule has 2 heterocycles. The summed E-state index contributed by atoms with van der Waals surface area (Å²) in [6.45, 7) is 7.66. The zero-order chi connectivity index (χ0) is 36.5. The summed E-state index contributed by atoms with van der Waals surface area (Å²) < 4.78 is 23.5. The highest BCUT2D eigenvalue weighted by Crippen LogP contribution is 2.34. The summed E-state index contributed by atoms with van der Waals surface area (Å²) in [5, 5.41) is 25.1. The Labute approximate surface area is 298 Å². The number of nitrogens with zero attached hydrogens (tertiary/aromatic N) is 2. The summed E-state index contributed by atoms with van der Waals surface area (Å²) in [4.78, 5) is 42.5. The van der Waals surface area contributed by atoms with E-state index in [9.17, 15) is 24.6 Å². The van der Waals surface area contributed by atoms with Crippen LogP contribution < -0.4 is 24.8 Å². The Morgan fingerprint density at radius 1 is 0.961 bits per heavy atom. The minimum Gasteiger partial charge on any atom is -0.490 e. The molecule has 13 heteroatoms. The highest BCUT2D eigenvalue weighted by Gasteiger charge is 2.30. The van der Waals surface area contributed by atoms with Crippen LogP contribution in [0.15, 0.2) is 60.7 Å². The van der Waals surface area contributed by atoms with Crippen LogP contribution in [-0.4, -0.2) is 96.3 Å². The molecule has 0 radical (unpaired) electrons. The number of rotatable bonds is 9. The molecule has 3 aromatic carbocycles. The second-order valence-electron chi connectivity index (χ2n) is 13.4. The first-order valence-corrected chi connectivity index (χ1v) is 17.3. The fourth-order valence-corrected chi connectivity index (χ4v) is 6.17. The second kappa shape index (κ2) is 17.4. The molecule has 0 spiro atoms. The molecule has 0 aliphatic carbocycles. The van der Waals surface area contributed by atoms with E-state index in [1.807, 2.05) is 33.0 Å². The molecule has 0 unspecified atom stereocenters. The van der Waals surface area contributed by atoms with Gasteiger partial charge in [-0.2, -0.15) is 0 Å². The number of carbonyl (C=O) groups is 3. The van der Waals surface area contributed by atoms with E-state index in [1.165, 1.54) is 0 Å². The van der Waals surface area contributed by atoms with E-state index < -0.39 is 18.0 Å². The first kappa shape index (κ1) is 37.4. The number of anilines is 2. The molecule has 2 aliphatic heterocycles. The normalized spacial score (nSPS) is 20.2. The van der Waals surface area contributed by atoms with Crippen LogP contribution >= 0.6 is 0 Å². The lowest BCUT2D eigenvalue weighted by Gasteiger charge is -2.36. The van der Waals surface area contributed by atoms with Crippen molar-refractivity contribution in [3.8, 4) is 17.2 Å². The Morgan fingerprint density at radius 3 is 2.35 bits per heavy atom. The second-order valence-corrected chi connectivity index (χ2v) is 13.4. The van der Waals surface area contributed by atoms with Crippen molar-refractivity contribution in [3.63, 3.8) is 0 Å². The minimum absolute atomic E-state index is 0.122. The number of carboxylic acid groups (broad SMARTS) is 1. The molecule has 2 aliphatic rings. The average Bonchev–Trinajstić information content (AvgIpc) is 3.57. The number of carboxylic acids is 1. The van der Waals surface area contributed by atoms with Gasteiger partial charge in [0.25, 0.3) is 5.91 Å². The number of urea groups is 1. The number of benzene rings is 3. The average molecular weight is 705 g/mol. The summed E-state index contributed by atoms with van der Waals surface area (Å²) >= 11 is 0. The first-order chi connectivity index (χ1) is 24.5. The zero-order valence-electron chi connectivity index (χ0n) is 29.6. The number of aliphatic hydroxyl groups excluding tert-OH is 1. The molecule has 51 heavy (non-hydrogen) atoms. The van der Waals surface area contributed by atoms with Crippen LogP contribution in [0.3, 0.4) is 0 Å². The summed E-state index contributed by atoms with van der Waals surface area (Å²) in [6, 6.07) is 15.9. The van der Waals surface area contributed by atoms with E-state index in [2.05, 4.69) is 15.5 Å². The lowest BCUT2D eigenvalue weighted by atomic mass is 10.0. The van der Waals surface area contributed by atoms with Crippen molar-refractivity contribution in [2.45, 2.75) is 64.8 Å². The largest absolute Gasteiger partial charge is 0.490 e. The van der Waals surface area contributed by atoms with E-state index in [0.717, 1.165) is 24.8 Å². The van der Waals surface area contributed by atoms with Gasteiger partial charge in [0.2, 0.25) is 6.79 Å². The van der Waals surface area contributed by atoms with Gasteiger partial charge in [-0.25, -0.2) is 9.59 Å². The van der Waals surface area contributed by atoms with Crippen molar-refractivity contribution in [2.75, 3.05) is 50.8 Å². The molecule has 5 rings (SSSR count). The molecule has 13 nitrogen and oxygen atoms in total. The topological polar surface area (TPSA) is 159 Å². The van der Waals surface area contributed by atoms with Gasteiger partial charge in [-0.3, -0.25) is 9.69 Å². The number of carbonyl (C=O) groups excluding carboxylic acids is 2. The quantitative estimate of drug-likeness (QED) is 0.218. The molecule has 3 aromatic rings. The summed E-state index contributed by atoms with van der Waals surface area (Å²) in [7, 11) is 1.98. The highest BCUT2D eigenvalue weighted by atomic mass is 16.7. The Kier molecular flexibility index (Phi) is 12.8. The Hall–Kier alpha value is -4.85. The molecular weight excluding hydrogens is 656 g/mol. The van der Waals surface area contributed by atoms with Crippen molar-refractivity contribution in [1.29, 1.82) is 0 Å². The molecule has 0 saturated carbocycles. The number of aliphatic hydroxyl groups is 1. The number of hydrogen-bond donors (Lipinski definition) is 4. The van der Waals surface area contributed by atoms with Crippen molar-refractivity contribution in [3.05, 3.63) is 77.4 Å². The molecule has 0 aromatic heterocycles. The number of hydrogen-bond acceptors (Lipinski definition) is 9. The third kappa shape index (κ3) is 10.1. The van der Waals surface area contributed by atoms with Gasteiger partial charge >= 0.3 is 12.0 Å². The minimum atomic E-state index is -0.966. The van der Waals surface area contributed by atoms with Crippen molar-refractivity contribution in [1.82, 2.24) is 9.80 Å². The van der Waals surface area contributed by atoms with E-state index in [0.29, 0.717) is 54.9 Å². The number of fused-ring (bicyclic) bond motifs is 2. The van der Waals surface area contributed by atoms with Crippen LogP contribution in [0.1, 0.15) is 66.3 Å². The maximum atomic E-state index is 14.4. The van der Waals surface area contributed by atoms with Gasteiger partial charge in [0.1, 0.15) is 5.75 Å². The van der Waals surface area contributed by atoms with Crippen LogP contribution in [0.4, 0.5) is 16.2 Å². The number of likely N-dealkylation sites (N-methyl/N-ethyl adjacent to an activating group) is 1. The molecule has 4 N–H and O–H groups in total. The van der Waals surface area contributed by atoms with Crippen LogP contribution in [0.5, 0.6) is 17.2 Å². The number of nitrogens with one attached hydrogen (secondary N) is 2. The first-order valence-electron chi connectivity index (χ1n) is 17.3. The molecule has 0 bridgehead atoms. The standard InChI is InChI=1S/C38H48N4O9/c1-24-19-42(25(2)22-43)36(44)31-17-29(39-38(47)40-30-13-15-33-34(18-30)50-23-49-33)12-14-32(31)51-26(3)7-5-6-16-48-35(24)21-41(4)20-27-8-10-28(11-9-27)37(45)46/h8-15,17-18,24-26,35,43H,5-7,16,19-23H2,1-4H3,(H,45,46)(H2,39,40,47)/t24-,25-,26+,35+/m1/s1. The van der Waals surface area contributed by atoms with Gasteiger partial charge in [0, 0.05) is 49.6 Å². The van der Waals surface area contributed by atoms with Crippen LogP contribution in [-0.2, 0) is 11.3 Å². The smallest absolute Gasteiger partial charge is 0.335 e. The Balaban J connectivity index is 1.35. The van der Waals surface area contributed by atoms with Gasteiger partial charge in [0.15, 0.2) is 11.5 Å². The zero-order valence-corrected chi connectivity index (χ0v) is 29.6. The maximum absolute atomic E-state index is 14.4. The van der Waals surface area contributed by atoms with Crippen LogP contribution in [0.2, 0.25) is 0 Å².